The molecule has 1 heterocycles. The van der Waals surface area contributed by atoms with Gasteiger partial charge in [0.15, 0.2) is 0 Å². The molecule has 0 saturated heterocycles. The fraction of sp³-hybridized carbons (Fsp3) is 0.154. The summed E-state index contributed by atoms with van der Waals surface area (Å²) >= 11 is 5.81. The summed E-state index contributed by atoms with van der Waals surface area (Å²) in [6, 6.07) is 11.9. The summed E-state index contributed by atoms with van der Waals surface area (Å²) in [7, 11) is 0. The fourth-order valence-electron chi connectivity index (χ4n) is 1.38. The Bertz CT molecular complexity index is 445. The molecule has 0 spiro atoms. The van der Waals surface area contributed by atoms with E-state index in [1.54, 1.807) is 12.4 Å². The fourth-order valence-corrected chi connectivity index (χ4v) is 1.61. The van der Waals surface area contributed by atoms with Crippen LogP contribution < -0.4 is 4.74 Å². The largest absolute Gasteiger partial charge is 0.487 e. The van der Waals surface area contributed by atoms with E-state index in [9.17, 15) is 0 Å². The SMILES string of the molecule is ClCc1ccncc1OCc1ccccc1. The minimum atomic E-state index is 0.437. The van der Waals surface area contributed by atoms with Gasteiger partial charge in [-0.25, -0.2) is 0 Å². The standard InChI is InChI=1S/C13H12ClNO/c14-8-12-6-7-15-9-13(12)16-10-11-4-2-1-3-5-11/h1-7,9H,8,10H2. The lowest BCUT2D eigenvalue weighted by Crippen LogP contribution is -1.98. The van der Waals surface area contributed by atoms with Gasteiger partial charge in [0.25, 0.3) is 0 Å². The molecule has 1 aromatic heterocycles. The zero-order chi connectivity index (χ0) is 11.2. The van der Waals surface area contributed by atoms with Gasteiger partial charge in [-0.15, -0.1) is 11.6 Å². The molecule has 0 amide bonds. The van der Waals surface area contributed by atoms with E-state index >= 15 is 0 Å². The van der Waals surface area contributed by atoms with Crippen molar-refractivity contribution in [2.45, 2.75) is 12.5 Å². The molecule has 2 nitrogen and oxygen atoms in total. The van der Waals surface area contributed by atoms with Gasteiger partial charge in [-0.2, -0.15) is 0 Å². The molecule has 16 heavy (non-hydrogen) atoms. The lowest BCUT2D eigenvalue weighted by Gasteiger charge is -2.08. The summed E-state index contributed by atoms with van der Waals surface area (Å²) in [6.45, 7) is 0.538. The number of halogens is 1. The highest BCUT2D eigenvalue weighted by molar-refractivity contribution is 6.17. The number of nitrogens with zero attached hydrogens (tertiary/aromatic N) is 1. The summed E-state index contributed by atoms with van der Waals surface area (Å²) in [5, 5.41) is 0. The number of hydrogen-bond acceptors (Lipinski definition) is 2. The highest BCUT2D eigenvalue weighted by Crippen LogP contribution is 2.19. The van der Waals surface area contributed by atoms with E-state index < -0.39 is 0 Å². The maximum absolute atomic E-state index is 5.81. The van der Waals surface area contributed by atoms with E-state index in [1.807, 2.05) is 36.4 Å². The van der Waals surface area contributed by atoms with Gasteiger partial charge in [0.1, 0.15) is 12.4 Å². The average Bonchev–Trinajstić information content (AvgIpc) is 2.38. The molecule has 0 atom stereocenters. The predicted molar refractivity (Wildman–Crippen MR) is 64.6 cm³/mol. The molecule has 0 saturated carbocycles. The van der Waals surface area contributed by atoms with Crippen molar-refractivity contribution in [1.29, 1.82) is 0 Å². The molecular formula is C13H12ClNO. The smallest absolute Gasteiger partial charge is 0.142 e. The lowest BCUT2D eigenvalue weighted by molar-refractivity contribution is 0.302. The Morgan fingerprint density at radius 3 is 2.69 bits per heavy atom. The first-order chi connectivity index (χ1) is 7.90. The molecule has 0 bridgehead atoms. The second kappa shape index (κ2) is 5.52. The molecule has 82 valence electrons. The second-order valence-corrected chi connectivity index (χ2v) is 3.66. The van der Waals surface area contributed by atoms with Gasteiger partial charge in [0.05, 0.1) is 12.1 Å². The summed E-state index contributed by atoms with van der Waals surface area (Å²) < 4.78 is 5.67. The van der Waals surface area contributed by atoms with Crippen molar-refractivity contribution in [1.82, 2.24) is 4.98 Å². The van der Waals surface area contributed by atoms with Gasteiger partial charge in [0.2, 0.25) is 0 Å². The van der Waals surface area contributed by atoms with Crippen LogP contribution in [-0.2, 0) is 12.5 Å². The number of hydrogen-bond donors (Lipinski definition) is 0. The van der Waals surface area contributed by atoms with Crippen LogP contribution in [0, 0.1) is 0 Å². The van der Waals surface area contributed by atoms with Gasteiger partial charge in [-0.1, -0.05) is 30.3 Å². The van der Waals surface area contributed by atoms with E-state index in [-0.39, 0.29) is 0 Å². The number of rotatable bonds is 4. The Kier molecular flexibility index (Phi) is 3.78. The quantitative estimate of drug-likeness (QED) is 0.756. The highest BCUT2D eigenvalue weighted by atomic mass is 35.5. The number of pyridine rings is 1. The van der Waals surface area contributed by atoms with Crippen LogP contribution in [0.1, 0.15) is 11.1 Å². The predicted octanol–water partition coefficient (Wildman–Crippen LogP) is 3.40. The second-order valence-electron chi connectivity index (χ2n) is 3.39. The van der Waals surface area contributed by atoms with E-state index in [2.05, 4.69) is 4.98 Å². The van der Waals surface area contributed by atoms with Crippen LogP contribution >= 0.6 is 11.6 Å². The van der Waals surface area contributed by atoms with Crippen molar-refractivity contribution in [3.63, 3.8) is 0 Å². The van der Waals surface area contributed by atoms with Crippen molar-refractivity contribution >= 4 is 11.6 Å². The minimum absolute atomic E-state index is 0.437. The molecule has 0 aliphatic heterocycles. The molecule has 0 aliphatic rings. The molecule has 0 fully saturated rings. The Morgan fingerprint density at radius 1 is 1.12 bits per heavy atom. The first-order valence-corrected chi connectivity index (χ1v) is 5.59. The molecule has 2 aromatic rings. The molecule has 0 unspecified atom stereocenters. The Labute approximate surface area is 99.9 Å². The van der Waals surface area contributed by atoms with E-state index in [1.165, 1.54) is 0 Å². The number of ether oxygens (including phenoxy) is 1. The average molecular weight is 234 g/mol. The maximum Gasteiger partial charge on any atom is 0.142 e. The van der Waals surface area contributed by atoms with E-state index in [0.717, 1.165) is 16.9 Å². The third-order valence-corrected chi connectivity index (χ3v) is 2.54. The van der Waals surface area contributed by atoms with Crippen molar-refractivity contribution in [3.8, 4) is 5.75 Å². The molecule has 0 N–H and O–H groups in total. The normalized spacial score (nSPS) is 10.1. The maximum atomic E-state index is 5.81. The van der Waals surface area contributed by atoms with E-state index in [4.69, 9.17) is 16.3 Å². The summed E-state index contributed by atoms with van der Waals surface area (Å²) in [6.07, 6.45) is 3.41. The van der Waals surface area contributed by atoms with E-state index in [0.29, 0.717) is 12.5 Å². The Morgan fingerprint density at radius 2 is 1.94 bits per heavy atom. The summed E-state index contributed by atoms with van der Waals surface area (Å²) in [4.78, 5) is 4.02. The summed E-state index contributed by atoms with van der Waals surface area (Å²) in [5.41, 5.74) is 2.10. The van der Waals surface area contributed by atoms with Crippen LogP contribution in [0.2, 0.25) is 0 Å². The van der Waals surface area contributed by atoms with Gasteiger partial charge < -0.3 is 4.74 Å². The molecule has 1 aromatic carbocycles. The molecule has 0 aliphatic carbocycles. The van der Waals surface area contributed by atoms with Crippen molar-refractivity contribution in [3.05, 3.63) is 59.9 Å². The van der Waals surface area contributed by atoms with Crippen molar-refractivity contribution in [2.24, 2.45) is 0 Å². The Balaban J connectivity index is 2.05. The zero-order valence-electron chi connectivity index (χ0n) is 8.77. The number of aromatic nitrogens is 1. The lowest BCUT2D eigenvalue weighted by atomic mass is 10.2. The van der Waals surface area contributed by atoms with Crippen LogP contribution in [0.4, 0.5) is 0 Å². The van der Waals surface area contributed by atoms with Crippen LogP contribution in [0.25, 0.3) is 0 Å². The zero-order valence-corrected chi connectivity index (χ0v) is 9.52. The van der Waals surface area contributed by atoms with Crippen LogP contribution in [0.15, 0.2) is 48.8 Å². The summed E-state index contributed by atoms with van der Waals surface area (Å²) in [5.74, 6) is 1.19. The number of benzene rings is 1. The van der Waals surface area contributed by atoms with Gasteiger partial charge >= 0.3 is 0 Å². The van der Waals surface area contributed by atoms with Crippen molar-refractivity contribution in [2.75, 3.05) is 0 Å². The van der Waals surface area contributed by atoms with Gasteiger partial charge in [-0.05, 0) is 11.6 Å². The minimum Gasteiger partial charge on any atom is -0.487 e. The number of alkyl halides is 1. The van der Waals surface area contributed by atoms with Crippen LogP contribution in [-0.4, -0.2) is 4.98 Å². The molecule has 0 radical (unpaired) electrons. The highest BCUT2D eigenvalue weighted by Gasteiger charge is 2.02. The topological polar surface area (TPSA) is 22.1 Å². The third-order valence-electron chi connectivity index (χ3n) is 2.25. The van der Waals surface area contributed by atoms with Crippen LogP contribution in [0.3, 0.4) is 0 Å². The monoisotopic (exact) mass is 233 g/mol. The van der Waals surface area contributed by atoms with Crippen LogP contribution in [0.5, 0.6) is 5.75 Å². The first-order valence-electron chi connectivity index (χ1n) is 5.05. The Hall–Kier alpha value is -1.54. The third kappa shape index (κ3) is 2.74. The van der Waals surface area contributed by atoms with Crippen molar-refractivity contribution < 1.29 is 4.74 Å². The van der Waals surface area contributed by atoms with Gasteiger partial charge in [0, 0.05) is 11.8 Å². The first kappa shape index (κ1) is 11.0. The molecule has 2 rings (SSSR count). The molecular weight excluding hydrogens is 222 g/mol. The van der Waals surface area contributed by atoms with Gasteiger partial charge in [-0.3, -0.25) is 4.98 Å². The molecule has 3 heteroatoms.